The van der Waals surface area contributed by atoms with Crippen molar-refractivity contribution in [1.82, 2.24) is 10.2 Å². The number of likely N-dealkylation sites (tertiary alicyclic amines) is 1. The lowest BCUT2D eigenvalue weighted by molar-refractivity contribution is 0.222. The molecule has 1 aliphatic heterocycles. The second kappa shape index (κ2) is 12.9. The molecule has 2 amide bonds. The van der Waals surface area contributed by atoms with Gasteiger partial charge in [0.05, 0.1) is 6.54 Å². The van der Waals surface area contributed by atoms with Crippen LogP contribution >= 0.6 is 24.0 Å². The number of benzene rings is 1. The highest BCUT2D eigenvalue weighted by molar-refractivity contribution is 14.0. The van der Waals surface area contributed by atoms with E-state index in [1.807, 2.05) is 29.2 Å². The van der Waals surface area contributed by atoms with Crippen LogP contribution in [0.2, 0.25) is 0 Å². The fourth-order valence-electron chi connectivity index (χ4n) is 3.25. The summed E-state index contributed by atoms with van der Waals surface area (Å²) in [6.45, 7) is 8.80. The minimum Gasteiger partial charge on any atom is -0.370 e. The lowest BCUT2D eigenvalue weighted by Crippen LogP contribution is -2.38. The van der Waals surface area contributed by atoms with E-state index in [2.05, 4.69) is 36.4 Å². The number of hydrogen-bond donors (Lipinski definition) is 3. The molecule has 0 aliphatic carbocycles. The van der Waals surface area contributed by atoms with E-state index in [-0.39, 0.29) is 30.0 Å². The Morgan fingerprint density at radius 1 is 1.21 bits per heavy atom. The highest BCUT2D eigenvalue weighted by atomic mass is 127. The van der Waals surface area contributed by atoms with Gasteiger partial charge in [-0.15, -0.1) is 24.0 Å². The van der Waals surface area contributed by atoms with Gasteiger partial charge in [-0.05, 0) is 49.8 Å². The summed E-state index contributed by atoms with van der Waals surface area (Å²) in [6.07, 6.45) is 5.69. The summed E-state index contributed by atoms with van der Waals surface area (Å²) in [5.41, 5.74) is 7.84. The van der Waals surface area contributed by atoms with Crippen LogP contribution in [0.4, 0.5) is 10.5 Å². The maximum absolute atomic E-state index is 12.2. The van der Waals surface area contributed by atoms with E-state index in [4.69, 9.17) is 5.73 Å². The molecule has 1 heterocycles. The van der Waals surface area contributed by atoms with Crippen molar-refractivity contribution in [3.05, 3.63) is 29.8 Å². The van der Waals surface area contributed by atoms with Gasteiger partial charge in [0, 0.05) is 24.8 Å². The largest absolute Gasteiger partial charge is 0.370 e. The van der Waals surface area contributed by atoms with Crippen LogP contribution in [0, 0.1) is 5.92 Å². The van der Waals surface area contributed by atoms with Gasteiger partial charge >= 0.3 is 6.03 Å². The van der Waals surface area contributed by atoms with Gasteiger partial charge in [-0.25, -0.2) is 9.79 Å². The smallest absolute Gasteiger partial charge is 0.321 e. The second-order valence-electron chi connectivity index (χ2n) is 7.90. The lowest BCUT2D eigenvalue weighted by atomic mass is 10.0. The van der Waals surface area contributed by atoms with E-state index in [9.17, 15) is 4.79 Å². The molecule has 28 heavy (non-hydrogen) atoms. The zero-order valence-electron chi connectivity index (χ0n) is 17.4. The Morgan fingerprint density at radius 3 is 2.61 bits per heavy atom. The monoisotopic (exact) mass is 501 g/mol. The average Bonchev–Trinajstić information content (AvgIpc) is 3.15. The Balaban J connectivity index is 0.00000392. The quantitative estimate of drug-likeness (QED) is 0.278. The standard InChI is InChI=1S/C21H35N5O.HI/c1-16(2)8-6-9-17(3)24-20(22)23-15-18-10-7-11-19(14-18)25-21(27)26-12-4-5-13-26;/h7,10-11,14,16-17H,4-6,8-9,12-13,15H2,1-3H3,(H,25,27)(H3,22,23,24);1H. The maximum Gasteiger partial charge on any atom is 0.321 e. The SMILES string of the molecule is CC(C)CCCC(C)NC(N)=NCc1cccc(NC(=O)N2CCCC2)c1.I. The van der Waals surface area contributed by atoms with Gasteiger partial charge in [-0.2, -0.15) is 0 Å². The van der Waals surface area contributed by atoms with Crippen LogP contribution in [0.1, 0.15) is 58.4 Å². The summed E-state index contributed by atoms with van der Waals surface area (Å²) in [4.78, 5) is 18.5. The highest BCUT2D eigenvalue weighted by Crippen LogP contribution is 2.15. The number of nitrogens with two attached hydrogens (primary N) is 1. The molecule has 2 rings (SSSR count). The minimum atomic E-state index is -0.0236. The van der Waals surface area contributed by atoms with Crippen molar-refractivity contribution in [1.29, 1.82) is 0 Å². The molecule has 0 bridgehead atoms. The van der Waals surface area contributed by atoms with E-state index < -0.39 is 0 Å². The van der Waals surface area contributed by atoms with E-state index in [0.29, 0.717) is 18.5 Å². The molecule has 1 aromatic rings. The summed E-state index contributed by atoms with van der Waals surface area (Å²) in [5, 5.41) is 6.23. The molecule has 0 saturated carbocycles. The van der Waals surface area contributed by atoms with Crippen LogP contribution in [-0.2, 0) is 6.54 Å². The number of rotatable bonds is 8. The molecule has 1 saturated heterocycles. The molecule has 1 unspecified atom stereocenters. The van der Waals surface area contributed by atoms with Gasteiger partial charge in [0.25, 0.3) is 0 Å². The zero-order chi connectivity index (χ0) is 19.6. The molecule has 4 N–H and O–H groups in total. The first-order chi connectivity index (χ1) is 12.9. The molecule has 0 aromatic heterocycles. The number of aliphatic imine (C=N–C) groups is 1. The molecular weight excluding hydrogens is 465 g/mol. The topological polar surface area (TPSA) is 82.7 Å². The molecule has 1 atom stereocenters. The Labute approximate surface area is 186 Å². The molecule has 6 nitrogen and oxygen atoms in total. The van der Waals surface area contributed by atoms with E-state index in [1.165, 1.54) is 12.8 Å². The molecular formula is C21H36IN5O. The molecule has 1 aliphatic rings. The molecule has 1 aromatic carbocycles. The molecule has 0 radical (unpaired) electrons. The maximum atomic E-state index is 12.2. The minimum absolute atomic E-state index is 0. The number of carbonyl (C=O) groups excluding carboxylic acids is 1. The van der Waals surface area contributed by atoms with Crippen molar-refractivity contribution in [3.63, 3.8) is 0 Å². The predicted molar refractivity (Wildman–Crippen MR) is 128 cm³/mol. The van der Waals surface area contributed by atoms with Crippen LogP contribution in [-0.4, -0.2) is 36.0 Å². The fourth-order valence-corrected chi connectivity index (χ4v) is 3.25. The molecule has 158 valence electrons. The number of anilines is 1. The van der Waals surface area contributed by atoms with E-state index >= 15 is 0 Å². The van der Waals surface area contributed by atoms with Crippen molar-refractivity contribution in [2.75, 3.05) is 18.4 Å². The number of amides is 2. The third-order valence-corrected chi connectivity index (χ3v) is 4.82. The number of nitrogens with zero attached hydrogens (tertiary/aromatic N) is 2. The van der Waals surface area contributed by atoms with Crippen molar-refractivity contribution in [2.45, 2.75) is 65.5 Å². The molecule has 0 spiro atoms. The lowest BCUT2D eigenvalue weighted by Gasteiger charge is -2.16. The van der Waals surface area contributed by atoms with Gasteiger partial charge in [-0.3, -0.25) is 0 Å². The predicted octanol–water partition coefficient (Wildman–Crippen LogP) is 4.55. The van der Waals surface area contributed by atoms with Crippen molar-refractivity contribution < 1.29 is 4.79 Å². The number of carbonyl (C=O) groups is 1. The highest BCUT2D eigenvalue weighted by Gasteiger charge is 2.17. The van der Waals surface area contributed by atoms with Gasteiger partial charge in [0.15, 0.2) is 5.96 Å². The number of urea groups is 1. The number of hydrogen-bond acceptors (Lipinski definition) is 2. The third kappa shape index (κ3) is 9.12. The van der Waals surface area contributed by atoms with Crippen LogP contribution < -0.4 is 16.4 Å². The van der Waals surface area contributed by atoms with Crippen molar-refractivity contribution in [2.24, 2.45) is 16.6 Å². The zero-order valence-corrected chi connectivity index (χ0v) is 19.7. The van der Waals surface area contributed by atoms with Crippen molar-refractivity contribution >= 4 is 41.7 Å². The fraction of sp³-hybridized carbons (Fsp3) is 0.619. The first-order valence-electron chi connectivity index (χ1n) is 10.2. The van der Waals surface area contributed by atoms with E-state index in [1.54, 1.807) is 0 Å². The average molecular weight is 501 g/mol. The first-order valence-corrected chi connectivity index (χ1v) is 10.2. The Hall–Kier alpha value is -1.51. The van der Waals surface area contributed by atoms with Gasteiger partial charge in [-0.1, -0.05) is 38.8 Å². The Bertz CT molecular complexity index is 629. The normalized spacial score (nSPS) is 15.3. The second-order valence-corrected chi connectivity index (χ2v) is 7.90. The van der Waals surface area contributed by atoms with Gasteiger partial charge < -0.3 is 21.3 Å². The first kappa shape index (κ1) is 24.5. The van der Waals surface area contributed by atoms with Crippen LogP contribution in [0.15, 0.2) is 29.3 Å². The Kier molecular flexibility index (Phi) is 11.3. The van der Waals surface area contributed by atoms with Gasteiger partial charge in [0.1, 0.15) is 0 Å². The van der Waals surface area contributed by atoms with Crippen LogP contribution in [0.25, 0.3) is 0 Å². The summed E-state index contributed by atoms with van der Waals surface area (Å²) >= 11 is 0. The van der Waals surface area contributed by atoms with Crippen LogP contribution in [0.3, 0.4) is 0 Å². The summed E-state index contributed by atoms with van der Waals surface area (Å²) in [6, 6.07) is 8.08. The molecule has 7 heteroatoms. The van der Waals surface area contributed by atoms with Crippen LogP contribution in [0.5, 0.6) is 0 Å². The Morgan fingerprint density at radius 2 is 1.93 bits per heavy atom. The molecule has 1 fully saturated rings. The van der Waals surface area contributed by atoms with Crippen molar-refractivity contribution in [3.8, 4) is 0 Å². The third-order valence-electron chi connectivity index (χ3n) is 4.82. The summed E-state index contributed by atoms with van der Waals surface area (Å²) in [7, 11) is 0. The number of guanidine groups is 1. The summed E-state index contributed by atoms with van der Waals surface area (Å²) in [5.74, 6) is 1.21. The number of nitrogens with one attached hydrogen (secondary N) is 2. The number of halogens is 1. The summed E-state index contributed by atoms with van der Waals surface area (Å²) < 4.78 is 0. The van der Waals surface area contributed by atoms with E-state index in [0.717, 1.165) is 49.5 Å². The van der Waals surface area contributed by atoms with Gasteiger partial charge in [0.2, 0.25) is 0 Å².